The predicted molar refractivity (Wildman–Crippen MR) is 86.1 cm³/mol. The lowest BCUT2D eigenvalue weighted by atomic mass is 9.74. The van der Waals surface area contributed by atoms with Crippen molar-refractivity contribution >= 4 is 5.91 Å². The Labute approximate surface area is 127 Å². The van der Waals surface area contributed by atoms with Gasteiger partial charge in [0.25, 0.3) is 0 Å². The van der Waals surface area contributed by atoms with E-state index in [4.69, 9.17) is 16.9 Å². The lowest BCUT2D eigenvalue weighted by Crippen LogP contribution is -2.28. The fourth-order valence-corrected chi connectivity index (χ4v) is 2.70. The Hall–Kier alpha value is -1.95. The maximum atomic E-state index is 11.2. The Morgan fingerprint density at radius 2 is 1.95 bits per heavy atom. The van der Waals surface area contributed by atoms with E-state index in [0.717, 1.165) is 12.8 Å². The summed E-state index contributed by atoms with van der Waals surface area (Å²) in [6, 6.07) is 6.95. The molecule has 0 heterocycles. The Bertz CT molecular complexity index is 538. The number of amides is 1. The van der Waals surface area contributed by atoms with Crippen molar-refractivity contribution in [2.45, 2.75) is 40.5 Å². The molecule has 0 atom stereocenters. The van der Waals surface area contributed by atoms with Gasteiger partial charge in [0.2, 0.25) is 5.91 Å². The zero-order valence-electron chi connectivity index (χ0n) is 13.4. The third-order valence-electron chi connectivity index (χ3n) is 3.29. The molecule has 3 heteroatoms. The normalized spacial score (nSPS) is 11.8. The van der Waals surface area contributed by atoms with Crippen LogP contribution in [0.2, 0.25) is 0 Å². The lowest BCUT2D eigenvalue weighted by molar-refractivity contribution is 0.0999. The maximum absolute atomic E-state index is 11.2. The van der Waals surface area contributed by atoms with Crippen LogP contribution in [-0.4, -0.2) is 12.5 Å². The highest BCUT2D eigenvalue weighted by Crippen LogP contribution is 2.36. The van der Waals surface area contributed by atoms with Gasteiger partial charge in [0.05, 0.1) is 6.61 Å². The molecule has 1 aromatic rings. The van der Waals surface area contributed by atoms with Crippen LogP contribution in [-0.2, 0) is 0 Å². The molecule has 0 bridgehead atoms. The quantitative estimate of drug-likeness (QED) is 0.779. The van der Waals surface area contributed by atoms with E-state index in [1.807, 2.05) is 6.07 Å². The first kappa shape index (κ1) is 17.1. The van der Waals surface area contributed by atoms with Gasteiger partial charge < -0.3 is 10.5 Å². The summed E-state index contributed by atoms with van der Waals surface area (Å²) in [5.41, 5.74) is 5.79. The SMILES string of the molecule is C#CCC(C)(C)CC(C)(C)COc1cccc(C(N)=O)c1. The second-order valence-electron chi connectivity index (χ2n) is 7.07. The van der Waals surface area contributed by atoms with Crippen molar-refractivity contribution in [3.63, 3.8) is 0 Å². The summed E-state index contributed by atoms with van der Waals surface area (Å²) < 4.78 is 5.83. The molecule has 0 radical (unpaired) electrons. The molecule has 114 valence electrons. The summed E-state index contributed by atoms with van der Waals surface area (Å²) >= 11 is 0. The van der Waals surface area contributed by atoms with Gasteiger partial charge in [0.15, 0.2) is 0 Å². The van der Waals surface area contributed by atoms with Gasteiger partial charge in [-0.3, -0.25) is 4.79 Å². The molecule has 0 aromatic heterocycles. The van der Waals surface area contributed by atoms with Gasteiger partial charge in [-0.25, -0.2) is 0 Å². The number of hydrogen-bond acceptors (Lipinski definition) is 2. The van der Waals surface area contributed by atoms with Crippen LogP contribution in [0.4, 0.5) is 0 Å². The average Bonchev–Trinajstić information content (AvgIpc) is 2.35. The van der Waals surface area contributed by atoms with Gasteiger partial charge in [0.1, 0.15) is 5.75 Å². The van der Waals surface area contributed by atoms with Crippen molar-refractivity contribution < 1.29 is 9.53 Å². The van der Waals surface area contributed by atoms with Crippen molar-refractivity contribution in [1.29, 1.82) is 0 Å². The molecule has 1 aromatic carbocycles. The van der Waals surface area contributed by atoms with E-state index in [-0.39, 0.29) is 10.8 Å². The van der Waals surface area contributed by atoms with Crippen LogP contribution in [0.3, 0.4) is 0 Å². The van der Waals surface area contributed by atoms with E-state index in [1.165, 1.54) is 0 Å². The van der Waals surface area contributed by atoms with Crippen molar-refractivity contribution in [2.24, 2.45) is 16.6 Å². The first-order chi connectivity index (χ1) is 9.65. The zero-order valence-corrected chi connectivity index (χ0v) is 13.4. The molecule has 0 fully saturated rings. The topological polar surface area (TPSA) is 52.3 Å². The Balaban J connectivity index is 2.67. The van der Waals surface area contributed by atoms with Crippen molar-refractivity contribution in [1.82, 2.24) is 0 Å². The van der Waals surface area contributed by atoms with E-state index in [2.05, 4.69) is 33.6 Å². The minimum atomic E-state index is -0.449. The minimum Gasteiger partial charge on any atom is -0.493 e. The molecule has 1 amide bonds. The van der Waals surface area contributed by atoms with Crippen LogP contribution in [0.15, 0.2) is 24.3 Å². The van der Waals surface area contributed by atoms with E-state index in [0.29, 0.717) is 17.9 Å². The second kappa shape index (κ2) is 6.67. The van der Waals surface area contributed by atoms with Crippen LogP contribution in [0.5, 0.6) is 5.75 Å². The molecular weight excluding hydrogens is 262 g/mol. The summed E-state index contributed by atoms with van der Waals surface area (Å²) in [5.74, 6) is 2.94. The van der Waals surface area contributed by atoms with Gasteiger partial charge in [0, 0.05) is 12.0 Å². The van der Waals surface area contributed by atoms with E-state index in [1.54, 1.807) is 18.2 Å². The minimum absolute atomic E-state index is 0.0108. The van der Waals surface area contributed by atoms with Gasteiger partial charge in [-0.05, 0) is 35.4 Å². The summed E-state index contributed by atoms with van der Waals surface area (Å²) in [7, 11) is 0. The molecule has 0 aliphatic heterocycles. The number of carbonyl (C=O) groups is 1. The third-order valence-corrected chi connectivity index (χ3v) is 3.29. The Morgan fingerprint density at radius 3 is 2.52 bits per heavy atom. The third kappa shape index (κ3) is 5.91. The number of nitrogens with two attached hydrogens (primary N) is 1. The average molecular weight is 287 g/mol. The van der Waals surface area contributed by atoms with Crippen molar-refractivity contribution in [2.75, 3.05) is 6.61 Å². The zero-order chi connectivity index (χ0) is 16.1. The molecule has 3 nitrogen and oxygen atoms in total. The highest BCUT2D eigenvalue weighted by atomic mass is 16.5. The lowest BCUT2D eigenvalue weighted by Gasteiger charge is -2.33. The van der Waals surface area contributed by atoms with Crippen LogP contribution in [0, 0.1) is 23.2 Å². The highest BCUT2D eigenvalue weighted by Gasteiger charge is 2.29. The van der Waals surface area contributed by atoms with Gasteiger partial charge >= 0.3 is 0 Å². The number of carbonyl (C=O) groups excluding carboxylic acids is 1. The Morgan fingerprint density at radius 1 is 1.29 bits per heavy atom. The molecule has 0 aliphatic rings. The van der Waals surface area contributed by atoms with Crippen molar-refractivity contribution in [3.05, 3.63) is 29.8 Å². The summed E-state index contributed by atoms with van der Waals surface area (Å²) in [6.07, 6.45) is 7.12. The highest BCUT2D eigenvalue weighted by molar-refractivity contribution is 5.93. The predicted octanol–water partition coefficient (Wildman–Crippen LogP) is 3.63. The van der Waals surface area contributed by atoms with E-state index >= 15 is 0 Å². The number of terminal acetylenes is 1. The number of hydrogen-bond donors (Lipinski definition) is 1. The van der Waals surface area contributed by atoms with Crippen LogP contribution in [0.1, 0.15) is 50.9 Å². The number of benzene rings is 1. The molecule has 0 saturated heterocycles. The summed E-state index contributed by atoms with van der Waals surface area (Å²) in [5, 5.41) is 0. The van der Waals surface area contributed by atoms with Crippen molar-refractivity contribution in [3.8, 4) is 18.1 Å². The maximum Gasteiger partial charge on any atom is 0.248 e. The standard InChI is InChI=1S/C18H25NO2/c1-6-10-17(2,3)12-18(4,5)13-21-15-9-7-8-14(11-15)16(19)20/h1,7-9,11H,10,12-13H2,2-5H3,(H2,19,20). The molecule has 21 heavy (non-hydrogen) atoms. The molecule has 0 unspecified atom stereocenters. The van der Waals surface area contributed by atoms with E-state index < -0.39 is 5.91 Å². The molecule has 0 saturated carbocycles. The van der Waals surface area contributed by atoms with Gasteiger partial charge in [-0.2, -0.15) is 0 Å². The van der Waals surface area contributed by atoms with E-state index in [9.17, 15) is 4.79 Å². The molecule has 2 N–H and O–H groups in total. The molecular formula is C18H25NO2. The van der Waals surface area contributed by atoms with Crippen LogP contribution >= 0.6 is 0 Å². The molecule has 0 aliphatic carbocycles. The fourth-order valence-electron chi connectivity index (χ4n) is 2.70. The number of ether oxygens (including phenoxy) is 1. The summed E-state index contributed by atoms with van der Waals surface area (Å²) in [6.45, 7) is 9.21. The number of rotatable bonds is 7. The van der Waals surface area contributed by atoms with Crippen LogP contribution < -0.4 is 10.5 Å². The largest absolute Gasteiger partial charge is 0.493 e. The summed E-state index contributed by atoms with van der Waals surface area (Å²) in [4.78, 5) is 11.2. The van der Waals surface area contributed by atoms with Crippen LogP contribution in [0.25, 0.3) is 0 Å². The molecule has 0 spiro atoms. The first-order valence-corrected chi connectivity index (χ1v) is 7.11. The second-order valence-corrected chi connectivity index (χ2v) is 7.07. The monoisotopic (exact) mass is 287 g/mol. The Kier molecular flexibility index (Phi) is 5.43. The fraction of sp³-hybridized carbons (Fsp3) is 0.500. The smallest absolute Gasteiger partial charge is 0.248 e. The van der Waals surface area contributed by atoms with Gasteiger partial charge in [-0.1, -0.05) is 33.8 Å². The van der Waals surface area contributed by atoms with Gasteiger partial charge in [-0.15, -0.1) is 12.3 Å². The first-order valence-electron chi connectivity index (χ1n) is 7.11. The number of primary amides is 1. The molecule has 1 rings (SSSR count).